The van der Waals surface area contributed by atoms with E-state index in [1.165, 1.54) is 4.90 Å². The Morgan fingerprint density at radius 1 is 1.11 bits per heavy atom. The molecular weight excluding hydrogens is 348 g/mol. The van der Waals surface area contributed by atoms with E-state index in [1.54, 1.807) is 26.2 Å². The van der Waals surface area contributed by atoms with E-state index < -0.39 is 0 Å². The summed E-state index contributed by atoms with van der Waals surface area (Å²) in [5.74, 6) is 2.44. The first-order valence-corrected chi connectivity index (χ1v) is 9.30. The molecule has 1 aliphatic heterocycles. The molecule has 0 spiro atoms. The molecule has 27 heavy (non-hydrogen) atoms. The monoisotopic (exact) mass is 378 g/mol. The maximum absolute atomic E-state index is 5.68. The third kappa shape index (κ3) is 4.37. The van der Waals surface area contributed by atoms with E-state index in [1.807, 2.05) is 22.9 Å². The van der Waals surface area contributed by atoms with Gasteiger partial charge in [-0.3, -0.25) is 0 Å². The molecule has 9 heteroatoms. The van der Waals surface area contributed by atoms with Gasteiger partial charge in [0.1, 0.15) is 37.7 Å². The van der Waals surface area contributed by atoms with Gasteiger partial charge in [0.2, 0.25) is 5.82 Å². The molecule has 3 rings (SSSR count). The van der Waals surface area contributed by atoms with Crippen molar-refractivity contribution in [3.05, 3.63) is 29.6 Å². The average Bonchev–Trinajstić information content (AvgIpc) is 3.16. The number of piperazine rings is 1. The van der Waals surface area contributed by atoms with Crippen molar-refractivity contribution >= 4 is 0 Å². The van der Waals surface area contributed by atoms with Gasteiger partial charge in [-0.25, -0.2) is 4.68 Å². The predicted molar refractivity (Wildman–Crippen MR) is 98.4 cm³/mol. The minimum Gasteiger partial charge on any atom is -0.497 e. The van der Waals surface area contributed by atoms with Gasteiger partial charge in [-0.1, -0.05) is 0 Å². The van der Waals surface area contributed by atoms with Crippen LogP contribution in [0.3, 0.4) is 0 Å². The highest BCUT2D eigenvalue weighted by Crippen LogP contribution is 2.30. The highest BCUT2D eigenvalue weighted by Gasteiger charge is 2.36. The molecule has 148 valence electrons. The van der Waals surface area contributed by atoms with Crippen molar-refractivity contribution in [2.75, 3.05) is 61.2 Å². The number of likely N-dealkylation sites (N-methyl/N-ethyl adjacent to an activating group) is 1. The number of aromatic nitrogens is 4. The van der Waals surface area contributed by atoms with Crippen molar-refractivity contribution in [3.63, 3.8) is 0 Å². The zero-order valence-electron chi connectivity index (χ0n) is 16.6. The number of ether oxygens (including phenoxy) is 3. The Labute approximate surface area is 159 Å². The number of rotatable bonds is 8. The van der Waals surface area contributed by atoms with Gasteiger partial charge in [-0.15, -0.1) is 5.10 Å². The molecule has 9 nitrogen and oxygen atoms in total. The fraction of sp³-hybridized carbons (Fsp3) is 0.611. The van der Waals surface area contributed by atoms with Gasteiger partial charge in [0.25, 0.3) is 0 Å². The van der Waals surface area contributed by atoms with Crippen LogP contribution in [-0.4, -0.2) is 81.4 Å². The van der Waals surface area contributed by atoms with Crippen LogP contribution in [0.1, 0.15) is 17.4 Å². The second-order valence-corrected chi connectivity index (χ2v) is 6.91. The summed E-state index contributed by atoms with van der Waals surface area (Å²) < 4.78 is 18.2. The third-order valence-electron chi connectivity index (χ3n) is 5.23. The Morgan fingerprint density at radius 2 is 1.89 bits per heavy atom. The third-order valence-corrected chi connectivity index (χ3v) is 5.23. The average molecular weight is 378 g/mol. The second kappa shape index (κ2) is 9.12. The van der Waals surface area contributed by atoms with Gasteiger partial charge in [0.15, 0.2) is 6.04 Å². The molecule has 2 heterocycles. The number of tetrazole rings is 1. The summed E-state index contributed by atoms with van der Waals surface area (Å²) in [6, 6.07) is 5.87. The topological polar surface area (TPSA) is 80.2 Å². The lowest BCUT2D eigenvalue weighted by atomic mass is 10.0. The van der Waals surface area contributed by atoms with Crippen molar-refractivity contribution in [2.24, 2.45) is 0 Å². The van der Waals surface area contributed by atoms with Crippen LogP contribution in [0.5, 0.6) is 11.5 Å². The second-order valence-electron chi connectivity index (χ2n) is 6.91. The van der Waals surface area contributed by atoms with E-state index >= 15 is 0 Å². The fourth-order valence-electron chi connectivity index (χ4n) is 3.65. The molecule has 1 aliphatic rings. The maximum atomic E-state index is 5.68. The molecule has 0 radical (unpaired) electrons. The Kier molecular flexibility index (Phi) is 6.59. The van der Waals surface area contributed by atoms with Gasteiger partial charge in [-0.05, 0) is 28.6 Å². The van der Waals surface area contributed by atoms with Gasteiger partial charge in [0.05, 0.1) is 40.0 Å². The minimum atomic E-state index is -0.0324. The van der Waals surface area contributed by atoms with E-state index in [4.69, 9.17) is 14.2 Å². The fourth-order valence-corrected chi connectivity index (χ4v) is 3.65. The smallest absolute Gasteiger partial charge is 0.214 e. The number of hydrogen-bond acceptors (Lipinski definition) is 6. The summed E-state index contributed by atoms with van der Waals surface area (Å²) in [4.78, 5) is 2.98. The Bertz CT molecular complexity index is 730. The Balaban J connectivity index is 2.05. The normalized spacial score (nSPS) is 21.0. The van der Waals surface area contributed by atoms with Crippen molar-refractivity contribution < 1.29 is 24.0 Å². The summed E-state index contributed by atoms with van der Waals surface area (Å²) in [7, 11) is 7.29. The summed E-state index contributed by atoms with van der Waals surface area (Å²) in [6.45, 7) is 5.46. The summed E-state index contributed by atoms with van der Waals surface area (Å²) >= 11 is 0. The standard InChI is InChI=1S/C18H28N6O3/c1-22-7-9-23(10-8-22)17(18-19-20-21-24(18)11-12-25-2)15-13-14(26-3)5-6-16(15)27-4/h5-6,13,17H,7-12H2,1-4H3/p+2/t17-/m1/s1. The first-order valence-electron chi connectivity index (χ1n) is 9.30. The van der Waals surface area contributed by atoms with Crippen LogP contribution in [0.25, 0.3) is 0 Å². The minimum absolute atomic E-state index is 0.0324. The van der Waals surface area contributed by atoms with Crippen molar-refractivity contribution in [1.29, 1.82) is 0 Å². The van der Waals surface area contributed by atoms with Crippen LogP contribution in [0.15, 0.2) is 18.2 Å². The number of hydrogen-bond donors (Lipinski definition) is 2. The van der Waals surface area contributed by atoms with Crippen LogP contribution in [0, 0.1) is 0 Å². The van der Waals surface area contributed by atoms with E-state index in [2.05, 4.69) is 22.6 Å². The van der Waals surface area contributed by atoms with Gasteiger partial charge in [0, 0.05) is 7.11 Å². The Morgan fingerprint density at radius 3 is 2.56 bits per heavy atom. The van der Waals surface area contributed by atoms with E-state index in [-0.39, 0.29) is 6.04 Å². The largest absolute Gasteiger partial charge is 0.497 e. The summed E-state index contributed by atoms with van der Waals surface area (Å²) in [6.07, 6.45) is 0. The maximum Gasteiger partial charge on any atom is 0.214 e. The number of quaternary nitrogens is 2. The lowest BCUT2D eigenvalue weighted by Gasteiger charge is -2.33. The van der Waals surface area contributed by atoms with Crippen LogP contribution < -0.4 is 19.3 Å². The van der Waals surface area contributed by atoms with Crippen LogP contribution in [0.2, 0.25) is 0 Å². The molecule has 2 N–H and O–H groups in total. The number of methoxy groups -OCH3 is 3. The molecular formula is C18H30N6O3+2. The predicted octanol–water partition coefficient (Wildman–Crippen LogP) is -2.16. The molecule has 0 bridgehead atoms. The number of nitrogens with one attached hydrogen (secondary N) is 2. The number of nitrogens with zero attached hydrogens (tertiary/aromatic N) is 4. The van der Waals surface area contributed by atoms with Crippen molar-refractivity contribution in [3.8, 4) is 11.5 Å². The zero-order chi connectivity index (χ0) is 19.2. The van der Waals surface area contributed by atoms with Crippen molar-refractivity contribution in [1.82, 2.24) is 20.2 Å². The van der Waals surface area contributed by atoms with E-state index in [0.29, 0.717) is 13.2 Å². The molecule has 0 amide bonds. The zero-order valence-corrected chi connectivity index (χ0v) is 16.6. The SMILES string of the molecule is COCCn1nnnc1[C@@H](c1cc(OC)ccc1OC)[NH+]1CC[NH+](C)CC1. The van der Waals surface area contributed by atoms with Crippen LogP contribution in [-0.2, 0) is 11.3 Å². The lowest BCUT2D eigenvalue weighted by molar-refractivity contribution is -1.02. The van der Waals surface area contributed by atoms with Gasteiger partial charge in [-0.2, -0.15) is 0 Å². The molecule has 1 aromatic carbocycles. The van der Waals surface area contributed by atoms with Gasteiger partial charge >= 0.3 is 0 Å². The lowest BCUT2D eigenvalue weighted by Crippen LogP contribution is -3.27. The first kappa shape index (κ1) is 19.5. The van der Waals surface area contributed by atoms with Crippen LogP contribution in [0.4, 0.5) is 0 Å². The summed E-state index contributed by atoms with van der Waals surface area (Å²) in [5.41, 5.74) is 1.04. The molecule has 1 fully saturated rings. The Hall–Kier alpha value is -2.23. The van der Waals surface area contributed by atoms with Crippen LogP contribution >= 0.6 is 0 Å². The van der Waals surface area contributed by atoms with Crippen molar-refractivity contribution in [2.45, 2.75) is 12.6 Å². The molecule has 1 aromatic heterocycles. The molecule has 0 saturated carbocycles. The molecule has 0 unspecified atom stereocenters. The molecule has 1 atom stereocenters. The summed E-state index contributed by atoms with van der Waals surface area (Å²) in [5, 5.41) is 12.5. The van der Waals surface area contributed by atoms with Gasteiger partial charge < -0.3 is 24.0 Å². The van der Waals surface area contributed by atoms with E-state index in [0.717, 1.165) is 49.1 Å². The first-order chi connectivity index (χ1) is 13.2. The van der Waals surface area contributed by atoms with E-state index in [9.17, 15) is 0 Å². The molecule has 0 aliphatic carbocycles. The number of benzene rings is 1. The highest BCUT2D eigenvalue weighted by atomic mass is 16.5. The highest BCUT2D eigenvalue weighted by molar-refractivity contribution is 5.43. The molecule has 2 aromatic rings. The molecule has 1 saturated heterocycles. The quantitative estimate of drug-likeness (QED) is 0.545.